The first-order chi connectivity index (χ1) is 19.1. The predicted octanol–water partition coefficient (Wildman–Crippen LogP) is 4.40. The minimum Gasteiger partial charge on any atom is -0.493 e. The lowest BCUT2D eigenvalue weighted by Gasteiger charge is -2.32. The van der Waals surface area contributed by atoms with E-state index in [1.54, 1.807) is 20.3 Å². The molecule has 3 heterocycles. The zero-order valence-electron chi connectivity index (χ0n) is 22.9. The summed E-state index contributed by atoms with van der Waals surface area (Å²) in [5.41, 5.74) is 5.37. The van der Waals surface area contributed by atoms with Gasteiger partial charge in [0.25, 0.3) is 5.91 Å². The third kappa shape index (κ3) is 5.28. The molecule has 0 saturated carbocycles. The predicted molar refractivity (Wildman–Crippen MR) is 150 cm³/mol. The molecule has 39 heavy (non-hydrogen) atoms. The van der Waals surface area contributed by atoms with Crippen LogP contribution in [0.1, 0.15) is 46.3 Å². The molecule has 1 aromatic heterocycles. The molecule has 3 aromatic rings. The molecule has 0 spiro atoms. The molecule has 2 aliphatic heterocycles. The maximum Gasteiger partial charge on any atom is 0.258 e. The van der Waals surface area contributed by atoms with Crippen LogP contribution in [0.4, 0.5) is 5.82 Å². The number of hydrogen-bond acceptors (Lipinski definition) is 7. The number of nitrogens with zero attached hydrogens (tertiary/aromatic N) is 3. The molecule has 3 aliphatic rings. The Labute approximate surface area is 229 Å². The standard InChI is InChI=1S/C31H37N3O5/c1-36-28-10-4-9-26(29(28)37-2)31(35)34(20-25-8-5-13-39-25)19-24-17-23-16-21-6-3-7-22(21)18-27(23)32-30(24)33-11-14-38-15-12-33/h4,9-10,16-18,25H,3,5-8,11-15,19-20H2,1-2H3. The van der Waals surface area contributed by atoms with Gasteiger partial charge in [0.05, 0.1) is 44.6 Å². The molecule has 8 heteroatoms. The molecule has 6 rings (SSSR count). The highest BCUT2D eigenvalue weighted by atomic mass is 16.5. The minimum absolute atomic E-state index is 0.00840. The van der Waals surface area contributed by atoms with Gasteiger partial charge in [-0.05, 0) is 73.6 Å². The van der Waals surface area contributed by atoms with Crippen molar-refractivity contribution in [2.24, 2.45) is 0 Å². The summed E-state index contributed by atoms with van der Waals surface area (Å²) in [4.78, 5) is 23.6. The Morgan fingerprint density at radius 1 is 1.05 bits per heavy atom. The second kappa shape index (κ2) is 11.4. The third-order valence-corrected chi connectivity index (χ3v) is 8.12. The Morgan fingerprint density at radius 2 is 1.87 bits per heavy atom. The number of benzene rings is 2. The number of amides is 1. The first-order valence-electron chi connectivity index (χ1n) is 14.0. The van der Waals surface area contributed by atoms with Gasteiger partial charge in [-0.15, -0.1) is 0 Å². The number of carbonyl (C=O) groups excluding carboxylic acids is 1. The van der Waals surface area contributed by atoms with Crippen molar-refractivity contribution < 1.29 is 23.7 Å². The molecule has 0 N–H and O–H groups in total. The molecule has 2 aromatic carbocycles. The molecule has 1 aliphatic carbocycles. The third-order valence-electron chi connectivity index (χ3n) is 8.12. The van der Waals surface area contributed by atoms with Crippen molar-refractivity contribution in [1.29, 1.82) is 0 Å². The summed E-state index contributed by atoms with van der Waals surface area (Å²) < 4.78 is 22.8. The Kier molecular flexibility index (Phi) is 7.57. The molecule has 0 bridgehead atoms. The van der Waals surface area contributed by atoms with Crippen LogP contribution in [0.15, 0.2) is 36.4 Å². The fourth-order valence-electron chi connectivity index (χ4n) is 6.13. The lowest BCUT2D eigenvalue weighted by molar-refractivity contribution is 0.0504. The van der Waals surface area contributed by atoms with E-state index >= 15 is 0 Å². The van der Waals surface area contributed by atoms with E-state index in [1.165, 1.54) is 17.5 Å². The molecule has 206 valence electrons. The maximum absolute atomic E-state index is 14.2. The molecule has 0 radical (unpaired) electrons. The molecule has 1 atom stereocenters. The zero-order chi connectivity index (χ0) is 26.8. The largest absolute Gasteiger partial charge is 0.493 e. The fourth-order valence-corrected chi connectivity index (χ4v) is 6.13. The lowest BCUT2D eigenvalue weighted by Crippen LogP contribution is -2.40. The number of anilines is 1. The number of pyridine rings is 1. The van der Waals surface area contributed by atoms with E-state index in [0.29, 0.717) is 43.4 Å². The van der Waals surface area contributed by atoms with Crippen LogP contribution in [-0.4, -0.2) is 75.6 Å². The number of morpholine rings is 1. The quantitative estimate of drug-likeness (QED) is 0.427. The van der Waals surface area contributed by atoms with Crippen molar-refractivity contribution >= 4 is 22.6 Å². The van der Waals surface area contributed by atoms with Crippen LogP contribution in [0.25, 0.3) is 10.9 Å². The first kappa shape index (κ1) is 25.9. The van der Waals surface area contributed by atoms with Gasteiger partial charge in [0, 0.05) is 43.7 Å². The molecule has 1 amide bonds. The maximum atomic E-state index is 14.2. The van der Waals surface area contributed by atoms with Gasteiger partial charge in [-0.3, -0.25) is 4.79 Å². The summed E-state index contributed by atoms with van der Waals surface area (Å²) in [5.74, 6) is 1.81. The van der Waals surface area contributed by atoms with Gasteiger partial charge in [0.1, 0.15) is 5.82 Å². The van der Waals surface area contributed by atoms with E-state index in [0.717, 1.165) is 67.7 Å². The summed E-state index contributed by atoms with van der Waals surface area (Å²) in [6, 6.07) is 12.2. The van der Waals surface area contributed by atoms with Gasteiger partial charge in [0.15, 0.2) is 11.5 Å². The van der Waals surface area contributed by atoms with E-state index in [2.05, 4.69) is 23.1 Å². The van der Waals surface area contributed by atoms with Gasteiger partial charge in [-0.2, -0.15) is 0 Å². The van der Waals surface area contributed by atoms with E-state index in [-0.39, 0.29) is 12.0 Å². The summed E-state index contributed by atoms with van der Waals surface area (Å²) in [5, 5.41) is 1.13. The number of aryl methyl sites for hydroxylation is 2. The van der Waals surface area contributed by atoms with Crippen LogP contribution in [0, 0.1) is 0 Å². The van der Waals surface area contributed by atoms with Crippen LogP contribution in [0.2, 0.25) is 0 Å². The number of aromatic nitrogens is 1. The van der Waals surface area contributed by atoms with E-state index in [1.807, 2.05) is 17.0 Å². The van der Waals surface area contributed by atoms with Crippen molar-refractivity contribution in [3.63, 3.8) is 0 Å². The van der Waals surface area contributed by atoms with E-state index in [9.17, 15) is 4.79 Å². The van der Waals surface area contributed by atoms with E-state index < -0.39 is 0 Å². The van der Waals surface area contributed by atoms with Gasteiger partial charge in [-0.25, -0.2) is 4.98 Å². The lowest BCUT2D eigenvalue weighted by atomic mass is 10.0. The Hall–Kier alpha value is -3.36. The summed E-state index contributed by atoms with van der Waals surface area (Å²) in [7, 11) is 3.16. The van der Waals surface area contributed by atoms with Crippen molar-refractivity contribution in [3.05, 3.63) is 58.7 Å². The Bertz CT molecular complexity index is 1350. The van der Waals surface area contributed by atoms with Gasteiger partial charge in [0.2, 0.25) is 0 Å². The minimum atomic E-state index is -0.108. The number of hydrogen-bond donors (Lipinski definition) is 0. The molecular weight excluding hydrogens is 494 g/mol. The number of para-hydroxylation sites is 1. The molecular formula is C31H37N3O5. The van der Waals surface area contributed by atoms with Crippen LogP contribution in [-0.2, 0) is 28.9 Å². The Balaban J connectivity index is 1.41. The monoisotopic (exact) mass is 531 g/mol. The van der Waals surface area contributed by atoms with Gasteiger partial charge < -0.3 is 28.7 Å². The number of ether oxygens (including phenoxy) is 4. The highest BCUT2D eigenvalue weighted by Crippen LogP contribution is 2.34. The average molecular weight is 532 g/mol. The van der Waals surface area contributed by atoms with E-state index in [4.69, 9.17) is 23.9 Å². The average Bonchev–Trinajstić information content (AvgIpc) is 3.66. The van der Waals surface area contributed by atoms with Crippen molar-refractivity contribution in [2.75, 3.05) is 58.6 Å². The van der Waals surface area contributed by atoms with Gasteiger partial charge >= 0.3 is 0 Å². The molecule has 2 fully saturated rings. The molecule has 1 unspecified atom stereocenters. The number of fused-ring (bicyclic) bond motifs is 2. The summed E-state index contributed by atoms with van der Waals surface area (Å²) in [6.45, 7) is 4.55. The van der Waals surface area contributed by atoms with Crippen LogP contribution < -0.4 is 14.4 Å². The number of rotatable bonds is 8. The number of methoxy groups -OCH3 is 2. The zero-order valence-corrected chi connectivity index (χ0v) is 22.9. The van der Waals surface area contributed by atoms with Crippen molar-refractivity contribution in [1.82, 2.24) is 9.88 Å². The number of carbonyl (C=O) groups is 1. The molecule has 2 saturated heterocycles. The first-order valence-corrected chi connectivity index (χ1v) is 14.0. The van der Waals surface area contributed by atoms with Crippen LogP contribution in [0.3, 0.4) is 0 Å². The van der Waals surface area contributed by atoms with Crippen LogP contribution in [0.5, 0.6) is 11.5 Å². The second-order valence-electron chi connectivity index (χ2n) is 10.6. The highest BCUT2D eigenvalue weighted by Gasteiger charge is 2.29. The SMILES string of the molecule is COc1cccc(C(=O)N(Cc2cc3cc4c(cc3nc2N2CCOCC2)CCC4)CC2CCCO2)c1OC. The fraction of sp³-hybridized carbons (Fsp3) is 0.484. The second-order valence-corrected chi connectivity index (χ2v) is 10.6. The highest BCUT2D eigenvalue weighted by molar-refractivity contribution is 5.98. The van der Waals surface area contributed by atoms with Crippen molar-refractivity contribution in [2.45, 2.75) is 44.8 Å². The Morgan fingerprint density at radius 3 is 2.62 bits per heavy atom. The summed E-state index contributed by atoms with van der Waals surface area (Å²) in [6.07, 6.45) is 5.39. The molecule has 8 nitrogen and oxygen atoms in total. The smallest absolute Gasteiger partial charge is 0.258 e. The van der Waals surface area contributed by atoms with Gasteiger partial charge in [-0.1, -0.05) is 6.07 Å². The summed E-state index contributed by atoms with van der Waals surface area (Å²) >= 11 is 0. The topological polar surface area (TPSA) is 73.4 Å². The van der Waals surface area contributed by atoms with Crippen molar-refractivity contribution in [3.8, 4) is 11.5 Å². The van der Waals surface area contributed by atoms with Crippen LogP contribution >= 0.6 is 0 Å². The normalized spacial score (nSPS) is 18.8.